The van der Waals surface area contributed by atoms with Crippen molar-refractivity contribution in [1.82, 2.24) is 0 Å². The van der Waals surface area contributed by atoms with E-state index in [4.69, 9.17) is 37.0 Å². The van der Waals surface area contributed by atoms with Crippen LogP contribution < -0.4 is 0 Å². The van der Waals surface area contributed by atoms with Gasteiger partial charge in [-0.2, -0.15) is 0 Å². The number of esters is 4. The molecule has 0 saturated heterocycles. The zero-order valence-corrected chi connectivity index (χ0v) is 60.9. The van der Waals surface area contributed by atoms with Gasteiger partial charge in [-0.25, -0.2) is 9.13 Å². The molecule has 0 radical (unpaired) electrons. The Morgan fingerprint density at radius 3 is 0.747 bits per heavy atom. The highest BCUT2D eigenvalue weighted by Crippen LogP contribution is 2.45. The van der Waals surface area contributed by atoms with Crippen LogP contribution in [0.5, 0.6) is 0 Å². The van der Waals surface area contributed by atoms with E-state index in [1.807, 2.05) is 0 Å². The van der Waals surface area contributed by atoms with Crippen LogP contribution in [-0.4, -0.2) is 96.7 Å². The maximum absolute atomic E-state index is 13.0. The van der Waals surface area contributed by atoms with E-state index in [-0.39, 0.29) is 25.7 Å². The maximum Gasteiger partial charge on any atom is 0.472 e. The molecule has 540 valence electrons. The molecule has 2 unspecified atom stereocenters. The van der Waals surface area contributed by atoms with E-state index in [1.54, 1.807) is 0 Å². The Labute approximate surface area is 556 Å². The molecule has 91 heavy (non-hydrogen) atoms. The van der Waals surface area contributed by atoms with Gasteiger partial charge in [-0.15, -0.1) is 0 Å². The van der Waals surface area contributed by atoms with Crippen molar-refractivity contribution in [3.63, 3.8) is 0 Å². The van der Waals surface area contributed by atoms with Crippen molar-refractivity contribution in [2.24, 2.45) is 11.8 Å². The zero-order valence-electron chi connectivity index (χ0n) is 59.1. The average Bonchev–Trinajstić information content (AvgIpc) is 3.69. The molecule has 0 aliphatic heterocycles. The van der Waals surface area contributed by atoms with Gasteiger partial charge >= 0.3 is 39.5 Å². The fourth-order valence-corrected chi connectivity index (χ4v) is 12.5. The van der Waals surface area contributed by atoms with E-state index >= 15 is 0 Å². The second-order valence-electron chi connectivity index (χ2n) is 26.9. The van der Waals surface area contributed by atoms with Crippen LogP contribution in [0.15, 0.2) is 0 Å². The first kappa shape index (κ1) is 89.1. The van der Waals surface area contributed by atoms with Gasteiger partial charge in [0, 0.05) is 25.7 Å². The average molecular weight is 1340 g/mol. The molecule has 17 nitrogen and oxygen atoms in total. The summed E-state index contributed by atoms with van der Waals surface area (Å²) in [6, 6.07) is 0. The molecular weight excluding hydrogens is 1200 g/mol. The first-order valence-electron chi connectivity index (χ1n) is 37.5. The smallest absolute Gasteiger partial charge is 0.462 e. The summed E-state index contributed by atoms with van der Waals surface area (Å²) in [5, 5.41) is 10.6. The first-order chi connectivity index (χ1) is 43.9. The van der Waals surface area contributed by atoms with Crippen LogP contribution in [0.4, 0.5) is 0 Å². The van der Waals surface area contributed by atoms with Crippen molar-refractivity contribution in [3.8, 4) is 0 Å². The number of rotatable bonds is 71. The lowest BCUT2D eigenvalue weighted by Gasteiger charge is -2.21. The first-order valence-corrected chi connectivity index (χ1v) is 40.5. The predicted molar refractivity (Wildman–Crippen MR) is 368 cm³/mol. The van der Waals surface area contributed by atoms with E-state index in [9.17, 15) is 43.2 Å². The Kier molecular flexibility index (Phi) is 62.7. The van der Waals surface area contributed by atoms with Crippen LogP contribution >= 0.6 is 15.6 Å². The molecule has 0 aliphatic rings. The van der Waals surface area contributed by atoms with Crippen LogP contribution in [-0.2, 0) is 65.4 Å². The highest BCUT2D eigenvalue weighted by atomic mass is 31.2. The molecule has 0 fully saturated rings. The van der Waals surface area contributed by atoms with Gasteiger partial charge in [-0.1, -0.05) is 318 Å². The summed E-state index contributed by atoms with van der Waals surface area (Å²) < 4.78 is 68.3. The van der Waals surface area contributed by atoms with Crippen molar-refractivity contribution < 1.29 is 80.2 Å². The van der Waals surface area contributed by atoms with E-state index in [0.717, 1.165) is 102 Å². The van der Waals surface area contributed by atoms with Crippen LogP contribution in [0.25, 0.3) is 0 Å². The van der Waals surface area contributed by atoms with Crippen molar-refractivity contribution in [1.29, 1.82) is 0 Å². The standard InChI is InChI=1S/C72H140O17P2/c1-7-9-11-13-15-17-23-32-38-44-50-56-71(76)88-67(60-82-69(74)54-48-42-36-30-18-16-14-12-10-8-2)62-86-90(78,79)84-58-66(73)59-85-91(80,81)87-63-68(61-83-70(75)55-49-43-37-31-27-26-29-35-41-47-53-65(5)6)89-72(77)57-51-45-39-33-25-22-20-19-21-24-28-34-40-46-52-64(3)4/h64-68,73H,7-63H2,1-6H3,(H,78,79)(H,80,81)/t66-,67+,68+/m0/s1. The van der Waals surface area contributed by atoms with Crippen LogP contribution in [0, 0.1) is 11.8 Å². The Morgan fingerprint density at radius 2 is 0.505 bits per heavy atom. The third-order valence-electron chi connectivity index (χ3n) is 16.7. The molecule has 0 aliphatic carbocycles. The molecule has 0 heterocycles. The quantitative estimate of drug-likeness (QED) is 0.0222. The van der Waals surface area contributed by atoms with Gasteiger partial charge in [0.25, 0.3) is 0 Å². The van der Waals surface area contributed by atoms with Crippen molar-refractivity contribution in [3.05, 3.63) is 0 Å². The van der Waals surface area contributed by atoms with Gasteiger partial charge < -0.3 is 33.8 Å². The Hall–Kier alpha value is -1.94. The maximum atomic E-state index is 13.0. The number of hydrogen-bond acceptors (Lipinski definition) is 15. The van der Waals surface area contributed by atoms with Crippen molar-refractivity contribution in [2.45, 2.75) is 387 Å². The number of unbranched alkanes of at least 4 members (excludes halogenated alkanes) is 41. The monoisotopic (exact) mass is 1340 g/mol. The molecule has 0 aromatic carbocycles. The lowest BCUT2D eigenvalue weighted by atomic mass is 10.0. The summed E-state index contributed by atoms with van der Waals surface area (Å²) in [7, 11) is -9.90. The largest absolute Gasteiger partial charge is 0.472 e. The van der Waals surface area contributed by atoms with Gasteiger partial charge in [-0.3, -0.25) is 37.3 Å². The second-order valence-corrected chi connectivity index (χ2v) is 29.8. The number of phosphoric ester groups is 2. The predicted octanol–water partition coefficient (Wildman–Crippen LogP) is 20.8. The Bertz CT molecular complexity index is 1770. The summed E-state index contributed by atoms with van der Waals surface area (Å²) in [4.78, 5) is 72.6. The van der Waals surface area contributed by atoms with Crippen LogP contribution in [0.3, 0.4) is 0 Å². The summed E-state index contributed by atoms with van der Waals surface area (Å²) in [5.74, 6) is -0.567. The minimum Gasteiger partial charge on any atom is -0.462 e. The Morgan fingerprint density at radius 1 is 0.297 bits per heavy atom. The summed E-state index contributed by atoms with van der Waals surface area (Å²) in [6.45, 7) is 9.57. The van der Waals surface area contributed by atoms with Gasteiger partial charge in [0.15, 0.2) is 12.2 Å². The summed E-state index contributed by atoms with van der Waals surface area (Å²) in [5.41, 5.74) is 0. The fourth-order valence-electron chi connectivity index (χ4n) is 10.9. The number of carbonyl (C=O) groups is 4. The molecule has 0 bridgehead atoms. The molecule has 0 amide bonds. The van der Waals surface area contributed by atoms with Crippen molar-refractivity contribution in [2.75, 3.05) is 39.6 Å². The molecule has 0 spiro atoms. The number of carbonyl (C=O) groups excluding carboxylic acids is 4. The molecular formula is C72H140O17P2. The number of hydrogen-bond donors (Lipinski definition) is 3. The second kappa shape index (κ2) is 64.1. The third-order valence-corrected chi connectivity index (χ3v) is 18.6. The van der Waals surface area contributed by atoms with E-state index < -0.39 is 97.5 Å². The SMILES string of the molecule is CCCCCCCCCCCCCC(=O)O[C@H](COC(=O)CCCCCCCCCCCC)COP(=O)(O)OC[C@H](O)COP(=O)(O)OC[C@@H](COC(=O)CCCCCCCCCCCCC(C)C)OC(=O)CCCCCCCCCCCCCCCCC(C)C. The normalized spacial score (nSPS) is 14.1. The number of ether oxygens (including phenoxy) is 4. The highest BCUT2D eigenvalue weighted by Gasteiger charge is 2.30. The number of aliphatic hydroxyl groups excluding tert-OH is 1. The summed E-state index contributed by atoms with van der Waals surface area (Å²) in [6.07, 6.45) is 49.8. The lowest BCUT2D eigenvalue weighted by molar-refractivity contribution is -0.161. The van der Waals surface area contributed by atoms with E-state index in [0.29, 0.717) is 25.7 Å². The van der Waals surface area contributed by atoms with Gasteiger partial charge in [0.05, 0.1) is 26.4 Å². The topological polar surface area (TPSA) is 237 Å². The van der Waals surface area contributed by atoms with Crippen molar-refractivity contribution >= 4 is 39.5 Å². The third kappa shape index (κ3) is 66.5. The number of aliphatic hydroxyl groups is 1. The fraction of sp³-hybridized carbons (Fsp3) is 0.944. The molecule has 3 N–H and O–H groups in total. The highest BCUT2D eigenvalue weighted by molar-refractivity contribution is 7.47. The van der Waals surface area contributed by atoms with Gasteiger partial charge in [-0.05, 0) is 37.5 Å². The van der Waals surface area contributed by atoms with E-state index in [1.165, 1.54) is 186 Å². The molecule has 19 heteroatoms. The molecule has 5 atom stereocenters. The summed E-state index contributed by atoms with van der Waals surface area (Å²) >= 11 is 0. The molecule has 0 rings (SSSR count). The van der Waals surface area contributed by atoms with Gasteiger partial charge in [0.2, 0.25) is 0 Å². The minimum absolute atomic E-state index is 0.107. The molecule has 0 aromatic heterocycles. The lowest BCUT2D eigenvalue weighted by Crippen LogP contribution is -2.30. The number of phosphoric acid groups is 2. The van der Waals surface area contributed by atoms with E-state index in [2.05, 4.69) is 41.5 Å². The minimum atomic E-state index is -4.95. The van der Waals surface area contributed by atoms with Crippen LogP contribution in [0.2, 0.25) is 0 Å². The zero-order chi connectivity index (χ0) is 67.2. The molecule has 0 aromatic rings. The van der Waals surface area contributed by atoms with Crippen LogP contribution in [0.1, 0.15) is 369 Å². The van der Waals surface area contributed by atoms with Gasteiger partial charge in [0.1, 0.15) is 19.3 Å². The molecule has 0 saturated carbocycles. The Balaban J connectivity index is 5.24.